The normalized spacial score (nSPS) is 17.4. The zero-order chi connectivity index (χ0) is 17.9. The number of nitrogens with zero attached hydrogens (tertiary/aromatic N) is 5. The molecule has 1 aromatic heterocycles. The van der Waals surface area contributed by atoms with E-state index in [1.54, 1.807) is 0 Å². The second-order valence-corrected chi connectivity index (χ2v) is 7.36. The van der Waals surface area contributed by atoms with Gasteiger partial charge >= 0.3 is 0 Å². The molecule has 0 aliphatic carbocycles. The summed E-state index contributed by atoms with van der Waals surface area (Å²) in [5.74, 6) is 1.81. The van der Waals surface area contributed by atoms with Gasteiger partial charge in [-0.25, -0.2) is 9.98 Å². The number of anilines is 1. The second kappa shape index (κ2) is 9.14. The molecule has 3 heterocycles. The highest BCUT2D eigenvalue weighted by Gasteiger charge is 2.19. The monoisotopic (exact) mass is 500 g/mol. The van der Waals surface area contributed by atoms with Crippen molar-refractivity contribution in [3.63, 3.8) is 0 Å². The number of imidazole rings is 1. The first kappa shape index (κ1) is 20.3. The van der Waals surface area contributed by atoms with E-state index >= 15 is 0 Å². The highest BCUT2D eigenvalue weighted by Crippen LogP contribution is 2.19. The number of hydrogen-bond acceptors (Lipinski definition) is 3. The minimum absolute atomic E-state index is 0. The van der Waals surface area contributed by atoms with Gasteiger partial charge in [0.05, 0.1) is 12.2 Å². The molecule has 0 spiro atoms. The summed E-state index contributed by atoms with van der Waals surface area (Å²) in [5, 5.41) is 0.768. The Balaban J connectivity index is 0.00000210. The molecule has 4 rings (SSSR count). The van der Waals surface area contributed by atoms with Crippen LogP contribution < -0.4 is 10.6 Å². The van der Waals surface area contributed by atoms with E-state index in [1.165, 1.54) is 24.4 Å². The summed E-state index contributed by atoms with van der Waals surface area (Å²) in [5.41, 5.74) is 8.45. The quantitative estimate of drug-likeness (QED) is 0.400. The summed E-state index contributed by atoms with van der Waals surface area (Å²) >= 11 is 5.97. The molecule has 0 unspecified atom stereocenters. The zero-order valence-electron chi connectivity index (χ0n) is 15.4. The van der Waals surface area contributed by atoms with Gasteiger partial charge in [0.2, 0.25) is 0 Å². The van der Waals surface area contributed by atoms with Crippen molar-refractivity contribution in [1.29, 1.82) is 0 Å². The fourth-order valence-corrected chi connectivity index (χ4v) is 3.78. The topological polar surface area (TPSA) is 62.7 Å². The molecule has 1 aromatic carbocycles. The molecule has 146 valence electrons. The van der Waals surface area contributed by atoms with E-state index in [2.05, 4.69) is 42.7 Å². The molecule has 6 nitrogen and oxygen atoms in total. The molecule has 2 aliphatic heterocycles. The van der Waals surface area contributed by atoms with Crippen molar-refractivity contribution in [3.8, 4) is 0 Å². The van der Waals surface area contributed by atoms with Crippen LogP contribution in [0.5, 0.6) is 0 Å². The van der Waals surface area contributed by atoms with Crippen LogP contribution in [0, 0.1) is 0 Å². The van der Waals surface area contributed by atoms with E-state index in [9.17, 15) is 0 Å². The lowest BCUT2D eigenvalue weighted by atomic mass is 10.2. The molecule has 0 saturated carbocycles. The van der Waals surface area contributed by atoms with Crippen molar-refractivity contribution in [2.24, 2.45) is 10.7 Å². The summed E-state index contributed by atoms with van der Waals surface area (Å²) in [4.78, 5) is 13.8. The maximum absolute atomic E-state index is 6.23. The molecule has 8 heteroatoms. The first-order valence-electron chi connectivity index (χ1n) is 9.29. The Bertz CT molecular complexity index is 756. The van der Waals surface area contributed by atoms with Crippen LogP contribution in [0.3, 0.4) is 0 Å². The maximum Gasteiger partial charge on any atom is 0.191 e. The number of piperazine rings is 1. The standard InChI is InChI=1S/C19H25ClN6.HI/c20-15-4-6-17(7-5-15)24-9-11-25(12-10-24)19(21)22-13-16-14-26-8-2-1-3-18(26)23-16;/h4-7,14H,1-3,8-13H2,(H2,21,22);1H. The Morgan fingerprint density at radius 3 is 2.52 bits per heavy atom. The zero-order valence-corrected chi connectivity index (χ0v) is 18.4. The smallest absolute Gasteiger partial charge is 0.191 e. The number of rotatable bonds is 3. The van der Waals surface area contributed by atoms with Crippen LogP contribution in [0.2, 0.25) is 5.02 Å². The van der Waals surface area contributed by atoms with Crippen molar-refractivity contribution < 1.29 is 0 Å². The molecule has 0 bridgehead atoms. The maximum atomic E-state index is 6.23. The lowest BCUT2D eigenvalue weighted by Gasteiger charge is -2.36. The number of hydrogen-bond donors (Lipinski definition) is 1. The minimum atomic E-state index is 0. The van der Waals surface area contributed by atoms with Crippen LogP contribution in [0.4, 0.5) is 5.69 Å². The Labute approximate surface area is 182 Å². The molecule has 0 radical (unpaired) electrons. The molecule has 0 atom stereocenters. The average Bonchev–Trinajstić information content (AvgIpc) is 3.10. The van der Waals surface area contributed by atoms with Gasteiger partial charge in [0.1, 0.15) is 5.82 Å². The average molecular weight is 501 g/mol. The first-order chi connectivity index (χ1) is 12.7. The van der Waals surface area contributed by atoms with Crippen LogP contribution >= 0.6 is 35.6 Å². The van der Waals surface area contributed by atoms with Gasteiger partial charge in [0, 0.05) is 56.1 Å². The molecule has 27 heavy (non-hydrogen) atoms. The first-order valence-corrected chi connectivity index (χ1v) is 9.67. The predicted molar refractivity (Wildman–Crippen MR) is 121 cm³/mol. The Hall–Kier alpha value is -1.48. The van der Waals surface area contributed by atoms with Gasteiger partial charge in [-0.15, -0.1) is 24.0 Å². The SMILES string of the molecule is I.NC(=NCc1cn2c(n1)CCCC2)N1CCN(c2ccc(Cl)cc2)CC1. The molecule has 0 amide bonds. The third-order valence-electron chi connectivity index (χ3n) is 5.16. The second-order valence-electron chi connectivity index (χ2n) is 6.92. The van der Waals surface area contributed by atoms with Crippen molar-refractivity contribution in [2.75, 3.05) is 31.1 Å². The Morgan fingerprint density at radius 2 is 1.81 bits per heavy atom. The van der Waals surface area contributed by atoms with Crippen LogP contribution in [-0.4, -0.2) is 46.6 Å². The predicted octanol–water partition coefficient (Wildman–Crippen LogP) is 3.13. The van der Waals surface area contributed by atoms with Gasteiger partial charge in [0.25, 0.3) is 0 Å². The van der Waals surface area contributed by atoms with E-state index in [0.29, 0.717) is 12.5 Å². The van der Waals surface area contributed by atoms with Gasteiger partial charge in [0.15, 0.2) is 5.96 Å². The van der Waals surface area contributed by atoms with Crippen molar-refractivity contribution >= 4 is 47.2 Å². The van der Waals surface area contributed by atoms with Crippen LogP contribution in [0.15, 0.2) is 35.5 Å². The number of guanidine groups is 1. The highest BCUT2D eigenvalue weighted by atomic mass is 127. The third kappa shape index (κ3) is 4.87. The van der Waals surface area contributed by atoms with E-state index in [1.807, 2.05) is 12.1 Å². The largest absolute Gasteiger partial charge is 0.370 e. The number of nitrogens with two attached hydrogens (primary N) is 1. The van der Waals surface area contributed by atoms with E-state index in [-0.39, 0.29) is 24.0 Å². The minimum Gasteiger partial charge on any atom is -0.370 e. The number of aliphatic imine (C=N–C) groups is 1. The van der Waals surface area contributed by atoms with E-state index < -0.39 is 0 Å². The molecule has 2 aliphatic rings. The van der Waals surface area contributed by atoms with E-state index in [4.69, 9.17) is 17.3 Å². The number of aromatic nitrogens is 2. The molecule has 2 aromatic rings. The lowest BCUT2D eigenvalue weighted by molar-refractivity contribution is 0.380. The lowest BCUT2D eigenvalue weighted by Crippen LogP contribution is -2.51. The Morgan fingerprint density at radius 1 is 1.07 bits per heavy atom. The molecule has 1 saturated heterocycles. The van der Waals surface area contributed by atoms with Crippen LogP contribution in [0.25, 0.3) is 0 Å². The number of benzene rings is 1. The van der Waals surface area contributed by atoms with Gasteiger partial charge in [-0.2, -0.15) is 0 Å². The van der Waals surface area contributed by atoms with Crippen molar-refractivity contribution in [1.82, 2.24) is 14.5 Å². The highest BCUT2D eigenvalue weighted by molar-refractivity contribution is 14.0. The summed E-state index contributed by atoms with van der Waals surface area (Å²) in [6.07, 6.45) is 5.68. The van der Waals surface area contributed by atoms with Crippen LogP contribution in [-0.2, 0) is 19.5 Å². The van der Waals surface area contributed by atoms with Gasteiger partial charge in [-0.3, -0.25) is 0 Å². The molecule has 1 fully saturated rings. The van der Waals surface area contributed by atoms with E-state index in [0.717, 1.165) is 49.9 Å². The number of halogens is 2. The Kier molecular flexibility index (Phi) is 6.86. The summed E-state index contributed by atoms with van der Waals surface area (Å²) < 4.78 is 2.26. The number of fused-ring (bicyclic) bond motifs is 1. The van der Waals surface area contributed by atoms with Gasteiger partial charge < -0.3 is 20.1 Å². The van der Waals surface area contributed by atoms with Crippen LogP contribution in [0.1, 0.15) is 24.4 Å². The fourth-order valence-electron chi connectivity index (χ4n) is 3.66. The summed E-state index contributed by atoms with van der Waals surface area (Å²) in [7, 11) is 0. The summed E-state index contributed by atoms with van der Waals surface area (Å²) in [6, 6.07) is 8.00. The third-order valence-corrected chi connectivity index (χ3v) is 5.41. The van der Waals surface area contributed by atoms with Gasteiger partial charge in [-0.1, -0.05) is 11.6 Å². The van der Waals surface area contributed by atoms with Crippen molar-refractivity contribution in [2.45, 2.75) is 32.4 Å². The molecule has 2 N–H and O–H groups in total. The molecular weight excluding hydrogens is 475 g/mol. The summed E-state index contributed by atoms with van der Waals surface area (Å²) in [6.45, 7) is 5.24. The fraction of sp³-hybridized carbons (Fsp3) is 0.474. The number of aryl methyl sites for hydroxylation is 2. The van der Waals surface area contributed by atoms with Crippen molar-refractivity contribution in [3.05, 3.63) is 47.0 Å². The van der Waals surface area contributed by atoms with Gasteiger partial charge in [-0.05, 0) is 37.1 Å². The molecular formula is C19H26ClIN6.